The highest BCUT2D eigenvalue weighted by molar-refractivity contribution is 5.83. The number of guanidine groups is 1. The molecule has 1 unspecified atom stereocenters. The first-order valence-electron chi connectivity index (χ1n) is 10.7. The Bertz CT molecular complexity index is 879. The molecule has 6 N–H and O–H groups in total. The highest BCUT2D eigenvalue weighted by atomic mass is 16.2. The summed E-state index contributed by atoms with van der Waals surface area (Å²) in [6, 6.07) is 15.6. The molecule has 3 rings (SSSR count). The van der Waals surface area contributed by atoms with Crippen LogP contribution in [0.1, 0.15) is 25.3 Å². The second kappa shape index (κ2) is 10.4. The SMILES string of the molecule is C[C@@H]1CN(C(=O)CN)C(CCCN=C(N)N)CN1CCc1ccc2ccccc2c1. The van der Waals surface area contributed by atoms with Crippen molar-refractivity contribution in [3.05, 3.63) is 48.0 Å². The van der Waals surface area contributed by atoms with Gasteiger partial charge in [0.15, 0.2) is 5.96 Å². The molecule has 30 heavy (non-hydrogen) atoms. The Hall–Kier alpha value is -2.64. The van der Waals surface area contributed by atoms with E-state index in [4.69, 9.17) is 17.2 Å². The number of hydrogen-bond donors (Lipinski definition) is 3. The molecule has 1 heterocycles. The minimum absolute atomic E-state index is 0.0165. The topological polar surface area (TPSA) is 114 Å². The molecule has 2 aromatic carbocycles. The summed E-state index contributed by atoms with van der Waals surface area (Å²) in [5, 5.41) is 2.54. The fourth-order valence-electron chi connectivity index (χ4n) is 4.28. The third kappa shape index (κ3) is 5.70. The van der Waals surface area contributed by atoms with Crippen LogP contribution in [-0.2, 0) is 11.2 Å². The van der Waals surface area contributed by atoms with Crippen LogP contribution in [0.5, 0.6) is 0 Å². The van der Waals surface area contributed by atoms with E-state index in [1.807, 2.05) is 4.90 Å². The summed E-state index contributed by atoms with van der Waals surface area (Å²) in [5.74, 6) is 0.127. The number of piperazine rings is 1. The van der Waals surface area contributed by atoms with Crippen LogP contribution in [0.15, 0.2) is 47.5 Å². The van der Waals surface area contributed by atoms with Crippen molar-refractivity contribution < 1.29 is 4.79 Å². The number of carbonyl (C=O) groups excluding carboxylic acids is 1. The van der Waals surface area contributed by atoms with Gasteiger partial charge in [0.2, 0.25) is 5.91 Å². The summed E-state index contributed by atoms with van der Waals surface area (Å²) in [7, 11) is 0. The van der Waals surface area contributed by atoms with E-state index in [1.54, 1.807) is 0 Å². The van der Waals surface area contributed by atoms with Crippen molar-refractivity contribution in [3.63, 3.8) is 0 Å². The van der Waals surface area contributed by atoms with Gasteiger partial charge in [-0.3, -0.25) is 14.7 Å². The van der Waals surface area contributed by atoms with Crippen molar-refractivity contribution in [3.8, 4) is 0 Å². The highest BCUT2D eigenvalue weighted by Crippen LogP contribution is 2.21. The Morgan fingerprint density at radius 3 is 2.63 bits per heavy atom. The van der Waals surface area contributed by atoms with E-state index in [0.717, 1.165) is 32.4 Å². The predicted molar refractivity (Wildman–Crippen MR) is 123 cm³/mol. The molecular weight excluding hydrogens is 376 g/mol. The largest absolute Gasteiger partial charge is 0.370 e. The fourth-order valence-corrected chi connectivity index (χ4v) is 4.28. The van der Waals surface area contributed by atoms with E-state index < -0.39 is 0 Å². The minimum atomic E-state index is 0.0165. The van der Waals surface area contributed by atoms with Crippen LogP contribution in [0.25, 0.3) is 10.8 Å². The number of amides is 1. The molecule has 1 amide bonds. The molecule has 1 saturated heterocycles. The Morgan fingerprint density at radius 1 is 1.13 bits per heavy atom. The van der Waals surface area contributed by atoms with Gasteiger partial charge in [-0.15, -0.1) is 0 Å². The number of carbonyl (C=O) groups is 1. The number of rotatable bonds is 8. The molecule has 1 aliphatic rings. The molecule has 0 spiro atoms. The standard InChI is InChI=1S/C23H34N6O/c1-17-15-29(22(30)14-24)21(7-4-11-27-23(25)26)16-28(17)12-10-18-8-9-19-5-2-3-6-20(19)13-18/h2-3,5-6,8-9,13,17,21H,4,7,10-12,14-16,24H2,1H3,(H4,25,26,27)/t17-,21?/m1/s1. The van der Waals surface area contributed by atoms with Gasteiger partial charge in [0, 0.05) is 38.3 Å². The average molecular weight is 411 g/mol. The second-order valence-corrected chi connectivity index (χ2v) is 8.13. The molecule has 2 atom stereocenters. The van der Waals surface area contributed by atoms with Gasteiger partial charge < -0.3 is 22.1 Å². The molecule has 7 nitrogen and oxygen atoms in total. The first-order chi connectivity index (χ1) is 14.5. The zero-order valence-electron chi connectivity index (χ0n) is 17.8. The third-order valence-electron chi connectivity index (χ3n) is 5.96. The molecule has 162 valence electrons. The van der Waals surface area contributed by atoms with Gasteiger partial charge >= 0.3 is 0 Å². The van der Waals surface area contributed by atoms with Crippen molar-refractivity contribution in [1.29, 1.82) is 0 Å². The van der Waals surface area contributed by atoms with Crippen LogP contribution in [-0.4, -0.2) is 66.5 Å². The number of benzene rings is 2. The molecule has 2 aromatic rings. The monoisotopic (exact) mass is 410 g/mol. The lowest BCUT2D eigenvalue weighted by Crippen LogP contribution is -2.60. The first kappa shape index (κ1) is 22.1. The lowest BCUT2D eigenvalue weighted by atomic mass is 10.0. The minimum Gasteiger partial charge on any atom is -0.370 e. The summed E-state index contributed by atoms with van der Waals surface area (Å²) in [5.41, 5.74) is 17.8. The van der Waals surface area contributed by atoms with Crippen molar-refractivity contribution in [2.75, 3.05) is 32.7 Å². The van der Waals surface area contributed by atoms with Gasteiger partial charge in [0.25, 0.3) is 0 Å². The molecular formula is C23H34N6O. The Morgan fingerprint density at radius 2 is 1.90 bits per heavy atom. The number of aliphatic imine (C=N–C) groups is 1. The van der Waals surface area contributed by atoms with Crippen LogP contribution in [0.4, 0.5) is 0 Å². The van der Waals surface area contributed by atoms with Crippen molar-refractivity contribution in [2.45, 2.75) is 38.3 Å². The van der Waals surface area contributed by atoms with Gasteiger partial charge in [-0.2, -0.15) is 0 Å². The van der Waals surface area contributed by atoms with Gasteiger partial charge in [0.05, 0.1) is 6.54 Å². The predicted octanol–water partition coefficient (Wildman–Crippen LogP) is 1.30. The Balaban J connectivity index is 1.63. The number of fused-ring (bicyclic) bond motifs is 1. The second-order valence-electron chi connectivity index (χ2n) is 8.13. The molecule has 7 heteroatoms. The van der Waals surface area contributed by atoms with E-state index in [9.17, 15) is 4.79 Å². The quantitative estimate of drug-likeness (QED) is 0.345. The van der Waals surface area contributed by atoms with Crippen LogP contribution >= 0.6 is 0 Å². The summed E-state index contributed by atoms with van der Waals surface area (Å²) in [6.07, 6.45) is 2.69. The molecule has 0 aromatic heterocycles. The van der Waals surface area contributed by atoms with E-state index in [0.29, 0.717) is 19.1 Å². The number of nitrogens with zero attached hydrogens (tertiary/aromatic N) is 3. The van der Waals surface area contributed by atoms with Crippen molar-refractivity contribution >= 4 is 22.6 Å². The van der Waals surface area contributed by atoms with E-state index in [2.05, 4.69) is 59.3 Å². The summed E-state index contributed by atoms with van der Waals surface area (Å²) in [4.78, 5) is 20.9. The van der Waals surface area contributed by atoms with E-state index in [1.165, 1.54) is 16.3 Å². The van der Waals surface area contributed by atoms with Crippen LogP contribution in [0, 0.1) is 0 Å². The summed E-state index contributed by atoms with van der Waals surface area (Å²) in [6.45, 7) is 5.34. The maximum atomic E-state index is 12.4. The molecule has 0 bridgehead atoms. The maximum Gasteiger partial charge on any atom is 0.236 e. The first-order valence-corrected chi connectivity index (χ1v) is 10.7. The summed E-state index contributed by atoms with van der Waals surface area (Å²) < 4.78 is 0. The van der Waals surface area contributed by atoms with Crippen molar-refractivity contribution in [2.24, 2.45) is 22.2 Å². The Labute approximate surface area is 178 Å². The maximum absolute atomic E-state index is 12.4. The smallest absolute Gasteiger partial charge is 0.236 e. The zero-order valence-corrected chi connectivity index (χ0v) is 17.8. The lowest BCUT2D eigenvalue weighted by molar-refractivity contribution is -0.136. The molecule has 0 saturated carbocycles. The van der Waals surface area contributed by atoms with Crippen LogP contribution < -0.4 is 17.2 Å². The van der Waals surface area contributed by atoms with Gasteiger partial charge in [0.1, 0.15) is 0 Å². The van der Waals surface area contributed by atoms with Crippen LogP contribution in [0.3, 0.4) is 0 Å². The normalized spacial score (nSPS) is 19.7. The number of nitrogens with two attached hydrogens (primary N) is 3. The molecule has 0 aliphatic carbocycles. The van der Waals surface area contributed by atoms with Gasteiger partial charge in [-0.25, -0.2) is 0 Å². The van der Waals surface area contributed by atoms with Crippen LogP contribution in [0.2, 0.25) is 0 Å². The lowest BCUT2D eigenvalue weighted by Gasteiger charge is -2.45. The van der Waals surface area contributed by atoms with E-state index >= 15 is 0 Å². The van der Waals surface area contributed by atoms with Crippen molar-refractivity contribution in [1.82, 2.24) is 9.80 Å². The number of hydrogen-bond acceptors (Lipinski definition) is 4. The molecule has 0 radical (unpaired) electrons. The summed E-state index contributed by atoms with van der Waals surface area (Å²) >= 11 is 0. The average Bonchev–Trinajstić information content (AvgIpc) is 2.75. The molecule has 1 aliphatic heterocycles. The van der Waals surface area contributed by atoms with Gasteiger partial charge in [-0.05, 0) is 42.5 Å². The van der Waals surface area contributed by atoms with E-state index in [-0.39, 0.29) is 24.5 Å². The highest BCUT2D eigenvalue weighted by Gasteiger charge is 2.33. The fraction of sp³-hybridized carbons (Fsp3) is 0.478. The zero-order chi connectivity index (χ0) is 21.5. The Kier molecular flexibility index (Phi) is 7.65. The molecule has 1 fully saturated rings. The third-order valence-corrected chi connectivity index (χ3v) is 5.96. The van der Waals surface area contributed by atoms with Gasteiger partial charge in [-0.1, -0.05) is 42.5 Å².